The Morgan fingerprint density at radius 1 is 1.00 bits per heavy atom. The van der Waals surface area contributed by atoms with Crippen LogP contribution in [0.5, 0.6) is 0 Å². The first-order chi connectivity index (χ1) is 17.5. The number of carbonyl (C=O) groups is 2. The highest BCUT2D eigenvalue weighted by Crippen LogP contribution is 2.27. The predicted octanol–water partition coefficient (Wildman–Crippen LogP) is 4.56. The molecule has 10 heteroatoms. The molecule has 0 aliphatic rings. The number of anilines is 1. The zero-order valence-electron chi connectivity index (χ0n) is 20.8. The van der Waals surface area contributed by atoms with E-state index in [4.69, 9.17) is 11.6 Å². The van der Waals surface area contributed by atoms with Crippen LogP contribution in [0.3, 0.4) is 0 Å². The van der Waals surface area contributed by atoms with Gasteiger partial charge in [0.15, 0.2) is 0 Å². The van der Waals surface area contributed by atoms with Crippen molar-refractivity contribution in [3.8, 4) is 0 Å². The predicted molar refractivity (Wildman–Crippen MR) is 151 cm³/mol. The number of likely N-dealkylation sites (N-methyl/N-ethyl adjacent to an activating group) is 1. The molecule has 0 aliphatic heterocycles. The Bertz CT molecular complexity index is 1370. The van der Waals surface area contributed by atoms with Gasteiger partial charge in [-0.1, -0.05) is 76.1 Å². The lowest BCUT2D eigenvalue weighted by Gasteiger charge is -2.33. The van der Waals surface area contributed by atoms with E-state index in [0.717, 1.165) is 26.2 Å². The summed E-state index contributed by atoms with van der Waals surface area (Å²) in [5.41, 5.74) is 2.61. The first-order valence-electron chi connectivity index (χ1n) is 11.5. The number of aryl methyl sites for hydroxylation is 1. The average Bonchev–Trinajstić information content (AvgIpc) is 2.85. The van der Waals surface area contributed by atoms with Crippen LogP contribution in [0, 0.1) is 6.92 Å². The molecule has 0 fully saturated rings. The molecule has 3 aromatic carbocycles. The van der Waals surface area contributed by atoms with Gasteiger partial charge in [-0.2, -0.15) is 0 Å². The molecule has 196 valence electrons. The summed E-state index contributed by atoms with van der Waals surface area (Å²) in [5.74, 6) is -0.869. The number of nitrogens with one attached hydrogen (secondary N) is 1. The molecule has 0 aliphatic carbocycles. The lowest BCUT2D eigenvalue weighted by molar-refractivity contribution is -0.139. The van der Waals surface area contributed by atoms with Gasteiger partial charge in [0, 0.05) is 29.5 Å². The number of amides is 2. The summed E-state index contributed by atoms with van der Waals surface area (Å²) >= 11 is 9.61. The average molecular weight is 607 g/mol. The molecule has 0 saturated carbocycles. The molecule has 2 amide bonds. The van der Waals surface area contributed by atoms with Crippen molar-refractivity contribution >= 4 is 55.1 Å². The lowest BCUT2D eigenvalue weighted by Crippen LogP contribution is -2.53. The van der Waals surface area contributed by atoms with E-state index >= 15 is 0 Å². The van der Waals surface area contributed by atoms with Crippen LogP contribution in [0.1, 0.15) is 16.7 Å². The van der Waals surface area contributed by atoms with Gasteiger partial charge >= 0.3 is 0 Å². The normalized spacial score (nSPS) is 12.0. The quantitative estimate of drug-likeness (QED) is 0.367. The molecular weight excluding hydrogens is 578 g/mol. The van der Waals surface area contributed by atoms with Gasteiger partial charge in [0.2, 0.25) is 21.8 Å². The summed E-state index contributed by atoms with van der Waals surface area (Å²) in [6, 6.07) is 20.8. The highest BCUT2D eigenvalue weighted by Gasteiger charge is 2.33. The van der Waals surface area contributed by atoms with Gasteiger partial charge in [-0.15, -0.1) is 0 Å². The molecular formula is C27H29BrClN3O4S. The first-order valence-corrected chi connectivity index (χ1v) is 14.5. The van der Waals surface area contributed by atoms with E-state index in [9.17, 15) is 18.0 Å². The van der Waals surface area contributed by atoms with Crippen molar-refractivity contribution in [1.29, 1.82) is 0 Å². The van der Waals surface area contributed by atoms with E-state index in [1.165, 1.54) is 18.0 Å². The number of sulfonamides is 1. The number of rotatable bonds is 10. The van der Waals surface area contributed by atoms with E-state index in [2.05, 4.69) is 21.2 Å². The van der Waals surface area contributed by atoms with Gasteiger partial charge in [0.1, 0.15) is 12.6 Å². The van der Waals surface area contributed by atoms with E-state index in [0.29, 0.717) is 16.3 Å². The zero-order valence-corrected chi connectivity index (χ0v) is 24.0. The van der Waals surface area contributed by atoms with Gasteiger partial charge < -0.3 is 10.2 Å². The molecule has 37 heavy (non-hydrogen) atoms. The largest absolute Gasteiger partial charge is 0.357 e. The van der Waals surface area contributed by atoms with E-state index in [-0.39, 0.29) is 18.9 Å². The fraction of sp³-hybridized carbons (Fsp3) is 0.259. The topological polar surface area (TPSA) is 86.8 Å². The van der Waals surface area contributed by atoms with E-state index < -0.39 is 28.5 Å². The van der Waals surface area contributed by atoms with Gasteiger partial charge in [-0.3, -0.25) is 13.9 Å². The van der Waals surface area contributed by atoms with Crippen molar-refractivity contribution in [3.63, 3.8) is 0 Å². The number of nitrogens with zero attached hydrogens (tertiary/aromatic N) is 2. The van der Waals surface area contributed by atoms with Gasteiger partial charge in [-0.05, 0) is 47.9 Å². The summed E-state index contributed by atoms with van der Waals surface area (Å²) in [4.78, 5) is 28.4. The standard InChI is InChI=1S/C27H29BrClN3O4S/c1-19-12-13-23(29)16-24(19)32(37(3,35)36)18-26(33)31(17-21-10-7-11-22(28)14-21)25(27(34)30-2)15-20-8-5-4-6-9-20/h4-14,16,25H,15,17-18H2,1-3H3,(H,30,34). The molecule has 1 unspecified atom stereocenters. The second-order valence-corrected chi connectivity index (χ2v) is 11.9. The maximum absolute atomic E-state index is 13.9. The van der Waals surface area contributed by atoms with Gasteiger partial charge in [0.05, 0.1) is 11.9 Å². The second-order valence-electron chi connectivity index (χ2n) is 8.67. The van der Waals surface area contributed by atoms with Crippen LogP contribution in [0.25, 0.3) is 0 Å². The van der Waals surface area contributed by atoms with Crippen LogP contribution in [0.4, 0.5) is 5.69 Å². The molecule has 1 N–H and O–H groups in total. The maximum atomic E-state index is 13.9. The molecule has 0 heterocycles. The Balaban J connectivity index is 2.06. The summed E-state index contributed by atoms with van der Waals surface area (Å²) in [6.45, 7) is 1.36. The molecule has 3 aromatic rings. The van der Waals surface area contributed by atoms with Crippen molar-refractivity contribution < 1.29 is 18.0 Å². The van der Waals surface area contributed by atoms with Gasteiger partial charge in [-0.25, -0.2) is 8.42 Å². The molecule has 0 aromatic heterocycles. The van der Waals surface area contributed by atoms with Crippen LogP contribution < -0.4 is 9.62 Å². The Morgan fingerprint density at radius 3 is 2.30 bits per heavy atom. The molecule has 0 spiro atoms. The number of benzene rings is 3. The Labute approximate surface area is 231 Å². The third-order valence-electron chi connectivity index (χ3n) is 5.88. The van der Waals surface area contributed by atoms with Crippen LogP contribution in [-0.2, 0) is 32.6 Å². The molecule has 1 atom stereocenters. The minimum atomic E-state index is -3.86. The molecule has 7 nitrogen and oxygen atoms in total. The number of hydrogen-bond donors (Lipinski definition) is 1. The fourth-order valence-corrected chi connectivity index (χ4v) is 5.51. The zero-order chi connectivity index (χ0) is 27.2. The van der Waals surface area contributed by atoms with Gasteiger partial charge in [0.25, 0.3) is 0 Å². The van der Waals surface area contributed by atoms with Crippen LogP contribution in [0.15, 0.2) is 77.3 Å². The third-order valence-corrected chi connectivity index (χ3v) is 7.73. The first kappa shape index (κ1) is 28.7. The van der Waals surface area contributed by atoms with Crippen molar-refractivity contribution in [3.05, 3.63) is 99.0 Å². The minimum absolute atomic E-state index is 0.106. The summed E-state index contributed by atoms with van der Waals surface area (Å²) in [7, 11) is -2.34. The van der Waals surface area contributed by atoms with Crippen molar-refractivity contribution in [1.82, 2.24) is 10.2 Å². The highest BCUT2D eigenvalue weighted by atomic mass is 79.9. The number of hydrogen-bond acceptors (Lipinski definition) is 4. The Morgan fingerprint density at radius 2 is 1.68 bits per heavy atom. The number of carbonyl (C=O) groups excluding carboxylic acids is 2. The summed E-state index contributed by atoms with van der Waals surface area (Å²) < 4.78 is 27.5. The van der Waals surface area contributed by atoms with E-state index in [1.807, 2.05) is 54.6 Å². The van der Waals surface area contributed by atoms with Crippen molar-refractivity contribution in [2.75, 3.05) is 24.2 Å². The monoisotopic (exact) mass is 605 g/mol. The van der Waals surface area contributed by atoms with Crippen LogP contribution in [-0.4, -0.2) is 51.0 Å². The van der Waals surface area contributed by atoms with Crippen LogP contribution in [0.2, 0.25) is 5.02 Å². The van der Waals surface area contributed by atoms with Crippen molar-refractivity contribution in [2.24, 2.45) is 0 Å². The SMILES string of the molecule is CNC(=O)C(Cc1ccccc1)N(Cc1cccc(Br)c1)C(=O)CN(c1cc(Cl)ccc1C)S(C)(=O)=O. The Hall–Kier alpha value is -2.88. The maximum Gasteiger partial charge on any atom is 0.244 e. The fourth-order valence-electron chi connectivity index (χ4n) is 4.00. The third kappa shape index (κ3) is 7.80. The smallest absolute Gasteiger partial charge is 0.244 e. The van der Waals surface area contributed by atoms with Crippen LogP contribution >= 0.6 is 27.5 Å². The second kappa shape index (κ2) is 12.6. The summed E-state index contributed by atoms with van der Waals surface area (Å²) in [6.07, 6.45) is 1.30. The molecule has 0 radical (unpaired) electrons. The number of halogens is 2. The molecule has 0 saturated heterocycles. The minimum Gasteiger partial charge on any atom is -0.357 e. The lowest BCUT2D eigenvalue weighted by atomic mass is 10.0. The molecule has 0 bridgehead atoms. The molecule has 3 rings (SSSR count). The summed E-state index contributed by atoms with van der Waals surface area (Å²) in [5, 5.41) is 3.01. The van der Waals surface area contributed by atoms with E-state index in [1.54, 1.807) is 19.1 Å². The van der Waals surface area contributed by atoms with Crippen molar-refractivity contribution in [2.45, 2.75) is 25.9 Å². The highest BCUT2D eigenvalue weighted by molar-refractivity contribution is 9.10. The Kier molecular flexibility index (Phi) is 9.75.